The zero-order valence-electron chi connectivity index (χ0n) is 16.2. The molecule has 0 aromatic carbocycles. The molecule has 2 bridgehead atoms. The van der Waals surface area contributed by atoms with Crippen molar-refractivity contribution in [2.24, 2.45) is 16.7 Å². The molecule has 0 spiro atoms. The highest BCUT2D eigenvalue weighted by Gasteiger charge is 2.61. The molecule has 0 unspecified atom stereocenters. The number of aromatic nitrogens is 1. The van der Waals surface area contributed by atoms with E-state index < -0.39 is 0 Å². The van der Waals surface area contributed by atoms with Crippen LogP contribution in [-0.2, 0) is 9.59 Å². The third-order valence-corrected chi connectivity index (χ3v) is 7.99. The van der Waals surface area contributed by atoms with Crippen molar-refractivity contribution in [1.82, 2.24) is 10.5 Å². The Morgan fingerprint density at radius 3 is 2.69 bits per heavy atom. The fourth-order valence-corrected chi connectivity index (χ4v) is 5.28. The van der Waals surface area contributed by atoms with Crippen LogP contribution in [0.3, 0.4) is 0 Å². The number of amides is 2. The standard InChI is InChI=1S/C19H29N3O3S/c1-11-8-15(22-25-11)21-17(24)12(2)26-10-16(23)20-14-9-13-6-7-19(14,5)18(13,3)4/h8,12-14H,6-7,9-10H2,1-5H3,(H,20,23)(H,21,22,24)/t12-,13-,14+,19-/m1/s1. The van der Waals surface area contributed by atoms with Crippen molar-refractivity contribution in [2.75, 3.05) is 11.1 Å². The Morgan fingerprint density at radius 1 is 1.42 bits per heavy atom. The van der Waals surface area contributed by atoms with Crippen LogP contribution in [-0.4, -0.2) is 34.0 Å². The Labute approximate surface area is 159 Å². The lowest BCUT2D eigenvalue weighted by Gasteiger charge is -2.39. The first-order valence-corrected chi connectivity index (χ1v) is 10.3. The fourth-order valence-electron chi connectivity index (χ4n) is 4.59. The van der Waals surface area contributed by atoms with Crippen molar-refractivity contribution in [3.05, 3.63) is 11.8 Å². The lowest BCUT2D eigenvalue weighted by atomic mass is 9.69. The van der Waals surface area contributed by atoms with Crippen molar-refractivity contribution in [3.63, 3.8) is 0 Å². The Hall–Kier alpha value is -1.50. The molecule has 144 valence electrons. The van der Waals surface area contributed by atoms with Gasteiger partial charge >= 0.3 is 0 Å². The van der Waals surface area contributed by atoms with Crippen molar-refractivity contribution in [1.29, 1.82) is 0 Å². The number of hydrogen-bond acceptors (Lipinski definition) is 5. The maximum absolute atomic E-state index is 12.4. The van der Waals surface area contributed by atoms with Crippen molar-refractivity contribution >= 4 is 29.4 Å². The quantitative estimate of drug-likeness (QED) is 0.792. The normalized spacial score (nSPS) is 30.2. The van der Waals surface area contributed by atoms with Gasteiger partial charge in [-0.1, -0.05) is 25.9 Å². The number of carbonyl (C=O) groups excluding carboxylic acids is 2. The Balaban J connectivity index is 1.46. The van der Waals surface area contributed by atoms with Gasteiger partial charge in [-0.3, -0.25) is 9.59 Å². The molecule has 1 heterocycles. The number of fused-ring (bicyclic) bond motifs is 2. The van der Waals surface area contributed by atoms with E-state index in [0.29, 0.717) is 17.5 Å². The molecule has 2 aliphatic rings. The van der Waals surface area contributed by atoms with Crippen LogP contribution < -0.4 is 10.6 Å². The SMILES string of the molecule is Cc1cc(NC(=O)[C@@H](C)SCC(=O)N[C@H]2C[C@H]3CC[C@@]2(C)C3(C)C)no1. The number of carbonyl (C=O) groups is 2. The highest BCUT2D eigenvalue weighted by atomic mass is 32.2. The number of nitrogens with one attached hydrogen (secondary N) is 2. The maximum Gasteiger partial charge on any atom is 0.238 e. The summed E-state index contributed by atoms with van der Waals surface area (Å²) in [7, 11) is 0. The van der Waals surface area contributed by atoms with Crippen LogP contribution in [0.25, 0.3) is 0 Å². The van der Waals surface area contributed by atoms with E-state index in [1.165, 1.54) is 24.6 Å². The summed E-state index contributed by atoms with van der Waals surface area (Å²) < 4.78 is 4.93. The number of rotatable bonds is 6. The van der Waals surface area contributed by atoms with E-state index >= 15 is 0 Å². The zero-order valence-corrected chi connectivity index (χ0v) is 17.0. The Morgan fingerprint density at radius 2 is 2.15 bits per heavy atom. The summed E-state index contributed by atoms with van der Waals surface area (Å²) in [4.78, 5) is 24.6. The minimum atomic E-state index is -0.343. The third kappa shape index (κ3) is 3.38. The monoisotopic (exact) mass is 379 g/mol. The summed E-state index contributed by atoms with van der Waals surface area (Å²) in [5.74, 6) is 1.86. The fraction of sp³-hybridized carbons (Fsp3) is 0.737. The van der Waals surface area contributed by atoms with Crippen LogP contribution in [0.2, 0.25) is 0 Å². The van der Waals surface area contributed by atoms with E-state index in [2.05, 4.69) is 36.6 Å². The van der Waals surface area contributed by atoms with Gasteiger partial charge in [0.25, 0.3) is 0 Å². The second kappa shape index (κ2) is 6.91. The van der Waals surface area contributed by atoms with Crippen molar-refractivity contribution in [3.8, 4) is 0 Å². The van der Waals surface area contributed by atoms with Crippen LogP contribution in [0.5, 0.6) is 0 Å². The van der Waals surface area contributed by atoms with E-state index in [1.807, 2.05) is 0 Å². The molecular weight excluding hydrogens is 350 g/mol. The molecule has 0 aliphatic heterocycles. The molecule has 1 aromatic heterocycles. The molecule has 2 amide bonds. The minimum absolute atomic E-state index is 0.0153. The number of hydrogen-bond donors (Lipinski definition) is 2. The van der Waals surface area contributed by atoms with Crippen LogP contribution in [0.4, 0.5) is 5.82 Å². The molecule has 3 rings (SSSR count). The average Bonchev–Trinajstić information content (AvgIpc) is 3.13. The first kappa shape index (κ1) is 19.3. The van der Waals surface area contributed by atoms with E-state index in [9.17, 15) is 9.59 Å². The molecule has 2 aliphatic carbocycles. The molecule has 0 radical (unpaired) electrons. The third-order valence-electron chi connectivity index (χ3n) is 6.84. The van der Waals surface area contributed by atoms with Gasteiger partial charge in [-0.2, -0.15) is 0 Å². The summed E-state index contributed by atoms with van der Waals surface area (Å²) >= 11 is 1.34. The lowest BCUT2D eigenvalue weighted by molar-refractivity contribution is -0.120. The van der Waals surface area contributed by atoms with Crippen molar-refractivity contribution < 1.29 is 14.1 Å². The first-order chi connectivity index (χ1) is 12.1. The topological polar surface area (TPSA) is 84.2 Å². The van der Waals surface area contributed by atoms with Gasteiger partial charge in [-0.25, -0.2) is 0 Å². The second-order valence-corrected chi connectivity index (χ2v) is 9.82. The number of thioether (sulfide) groups is 1. The average molecular weight is 380 g/mol. The van der Waals surface area contributed by atoms with E-state index in [0.717, 1.165) is 6.42 Å². The molecule has 2 N–H and O–H groups in total. The predicted octanol–water partition coefficient (Wildman–Crippen LogP) is 3.37. The highest BCUT2D eigenvalue weighted by Crippen LogP contribution is 2.65. The van der Waals surface area contributed by atoms with Gasteiger partial charge < -0.3 is 15.2 Å². The number of anilines is 1. The molecule has 26 heavy (non-hydrogen) atoms. The maximum atomic E-state index is 12.4. The van der Waals surface area contributed by atoms with Gasteiger partial charge in [0, 0.05) is 12.1 Å². The van der Waals surface area contributed by atoms with Crippen LogP contribution in [0, 0.1) is 23.7 Å². The number of nitrogens with zero attached hydrogens (tertiary/aromatic N) is 1. The smallest absolute Gasteiger partial charge is 0.238 e. The van der Waals surface area contributed by atoms with Crippen molar-refractivity contribution in [2.45, 2.75) is 65.2 Å². The predicted molar refractivity (Wildman–Crippen MR) is 103 cm³/mol. The van der Waals surface area contributed by atoms with Crippen LogP contribution in [0.15, 0.2) is 10.6 Å². The van der Waals surface area contributed by atoms with E-state index in [4.69, 9.17) is 4.52 Å². The minimum Gasteiger partial charge on any atom is -0.360 e. The van der Waals surface area contributed by atoms with Gasteiger partial charge in [-0.15, -0.1) is 11.8 Å². The summed E-state index contributed by atoms with van der Waals surface area (Å²) in [6.07, 6.45) is 3.52. The second-order valence-electron chi connectivity index (χ2n) is 8.50. The molecule has 0 saturated heterocycles. The zero-order chi connectivity index (χ0) is 19.1. The number of aryl methyl sites for hydroxylation is 1. The molecule has 2 saturated carbocycles. The summed E-state index contributed by atoms with van der Waals surface area (Å²) in [6, 6.07) is 1.91. The van der Waals surface area contributed by atoms with E-state index in [-0.39, 0.29) is 39.7 Å². The largest absolute Gasteiger partial charge is 0.360 e. The lowest BCUT2D eigenvalue weighted by Crippen LogP contribution is -2.47. The molecular formula is C19H29N3O3S. The van der Waals surface area contributed by atoms with Gasteiger partial charge in [-0.05, 0) is 49.9 Å². The summed E-state index contributed by atoms with van der Waals surface area (Å²) in [5, 5.41) is 9.34. The molecule has 7 heteroatoms. The van der Waals surface area contributed by atoms with Gasteiger partial charge in [0.15, 0.2) is 5.82 Å². The summed E-state index contributed by atoms with van der Waals surface area (Å²) in [5.41, 5.74) is 0.451. The molecule has 4 atom stereocenters. The first-order valence-electron chi connectivity index (χ1n) is 9.28. The van der Waals surface area contributed by atoms with Crippen LogP contribution in [0.1, 0.15) is 52.7 Å². The van der Waals surface area contributed by atoms with Gasteiger partial charge in [0.2, 0.25) is 11.8 Å². The Kier molecular flexibility index (Phi) is 5.12. The Bertz CT molecular complexity index is 702. The molecule has 2 fully saturated rings. The highest BCUT2D eigenvalue weighted by molar-refractivity contribution is 8.01. The summed E-state index contributed by atoms with van der Waals surface area (Å²) in [6.45, 7) is 10.5. The van der Waals surface area contributed by atoms with Gasteiger partial charge in [0.05, 0.1) is 11.0 Å². The van der Waals surface area contributed by atoms with Crippen LogP contribution >= 0.6 is 11.8 Å². The van der Waals surface area contributed by atoms with E-state index in [1.54, 1.807) is 19.9 Å². The molecule has 1 aromatic rings. The molecule has 6 nitrogen and oxygen atoms in total. The van der Waals surface area contributed by atoms with Gasteiger partial charge in [0.1, 0.15) is 5.76 Å².